The van der Waals surface area contributed by atoms with Crippen molar-refractivity contribution in [2.24, 2.45) is 0 Å². The minimum atomic E-state index is -3.42. The normalized spacial score (nSPS) is 11.2. The van der Waals surface area contributed by atoms with Crippen LogP contribution >= 0.6 is 0 Å². The van der Waals surface area contributed by atoms with Gasteiger partial charge in [-0.3, -0.25) is 4.79 Å². The van der Waals surface area contributed by atoms with Gasteiger partial charge < -0.3 is 4.90 Å². The predicted octanol–water partition coefficient (Wildman–Crippen LogP) is 2.58. The van der Waals surface area contributed by atoms with Crippen LogP contribution in [0.3, 0.4) is 0 Å². The van der Waals surface area contributed by atoms with Crippen LogP contribution in [0.4, 0.5) is 5.69 Å². The van der Waals surface area contributed by atoms with E-state index < -0.39 is 10.0 Å². The third-order valence-corrected chi connectivity index (χ3v) is 5.25. The van der Waals surface area contributed by atoms with Gasteiger partial charge in [-0.2, -0.15) is 0 Å². The van der Waals surface area contributed by atoms with Crippen molar-refractivity contribution in [1.82, 2.24) is 4.72 Å². The first-order chi connectivity index (χ1) is 11.5. The van der Waals surface area contributed by atoms with E-state index in [4.69, 9.17) is 0 Å². The van der Waals surface area contributed by atoms with Crippen LogP contribution in [0.25, 0.3) is 0 Å². The molecule has 2 aromatic rings. The summed E-state index contributed by atoms with van der Waals surface area (Å²) < 4.78 is 25.7. The van der Waals surface area contributed by atoms with E-state index >= 15 is 0 Å². The molecule has 0 bridgehead atoms. The van der Waals surface area contributed by atoms with E-state index in [2.05, 4.69) is 4.72 Å². The highest BCUT2D eigenvalue weighted by atomic mass is 32.2. The maximum atomic E-state index is 12.4. The van der Waals surface area contributed by atoms with Gasteiger partial charge >= 0.3 is 0 Å². The Balaban J connectivity index is 2.01. The van der Waals surface area contributed by atoms with E-state index in [1.165, 1.54) is 7.05 Å². The molecule has 1 amide bonds. The van der Waals surface area contributed by atoms with Crippen LogP contribution in [0.15, 0.2) is 59.5 Å². The van der Waals surface area contributed by atoms with Gasteiger partial charge in [-0.05, 0) is 50.2 Å². The number of aryl methyl sites for hydroxylation is 1. The van der Waals surface area contributed by atoms with Crippen molar-refractivity contribution in [2.75, 3.05) is 18.5 Å². The maximum Gasteiger partial charge on any atom is 0.240 e. The van der Waals surface area contributed by atoms with Crippen LogP contribution in [-0.2, 0) is 21.2 Å². The minimum absolute atomic E-state index is 0.0515. The fourth-order valence-electron chi connectivity index (χ4n) is 2.45. The molecule has 0 aliphatic rings. The molecule has 0 unspecified atom stereocenters. The lowest BCUT2D eigenvalue weighted by atomic mass is 10.1. The van der Waals surface area contributed by atoms with Gasteiger partial charge in [0, 0.05) is 18.7 Å². The first-order valence-corrected chi connectivity index (χ1v) is 9.34. The van der Waals surface area contributed by atoms with Crippen molar-refractivity contribution < 1.29 is 13.2 Å². The zero-order valence-electron chi connectivity index (χ0n) is 13.9. The average molecular weight is 346 g/mol. The van der Waals surface area contributed by atoms with E-state index in [-0.39, 0.29) is 10.8 Å². The van der Waals surface area contributed by atoms with Crippen molar-refractivity contribution in [2.45, 2.75) is 24.7 Å². The molecule has 0 radical (unpaired) electrons. The van der Waals surface area contributed by atoms with Crippen LogP contribution in [0.1, 0.15) is 18.9 Å². The highest BCUT2D eigenvalue weighted by Gasteiger charge is 2.14. The molecule has 6 heteroatoms. The number of rotatable bonds is 7. The number of nitrogens with zero attached hydrogens (tertiary/aromatic N) is 1. The molecule has 0 saturated heterocycles. The number of benzene rings is 2. The topological polar surface area (TPSA) is 66.5 Å². The lowest BCUT2D eigenvalue weighted by molar-refractivity contribution is -0.118. The van der Waals surface area contributed by atoms with Gasteiger partial charge in [0.2, 0.25) is 15.9 Å². The molecule has 0 spiro atoms. The Morgan fingerprint density at radius 2 is 1.67 bits per heavy atom. The monoisotopic (exact) mass is 346 g/mol. The van der Waals surface area contributed by atoms with E-state index in [9.17, 15) is 13.2 Å². The van der Waals surface area contributed by atoms with Crippen LogP contribution in [-0.4, -0.2) is 27.9 Å². The third-order valence-electron chi connectivity index (χ3n) is 3.82. The van der Waals surface area contributed by atoms with Gasteiger partial charge in [-0.15, -0.1) is 0 Å². The Hall–Kier alpha value is -2.18. The summed E-state index contributed by atoms with van der Waals surface area (Å²) in [5.74, 6) is 0.0515. The summed E-state index contributed by atoms with van der Waals surface area (Å²) in [7, 11) is -2.05. The molecule has 0 fully saturated rings. The number of para-hydroxylation sites is 1. The first kappa shape index (κ1) is 18.2. The smallest absolute Gasteiger partial charge is 0.240 e. The molecule has 5 nitrogen and oxygen atoms in total. The van der Waals surface area contributed by atoms with Crippen LogP contribution < -0.4 is 9.62 Å². The third kappa shape index (κ3) is 4.43. The number of amides is 1. The molecular weight excluding hydrogens is 324 g/mol. The molecule has 1 N–H and O–H groups in total. The summed E-state index contributed by atoms with van der Waals surface area (Å²) in [6.07, 6.45) is 0.947. The van der Waals surface area contributed by atoms with Gasteiger partial charge in [-0.1, -0.05) is 30.3 Å². The molecule has 0 aliphatic heterocycles. The Morgan fingerprint density at radius 3 is 2.21 bits per heavy atom. The Kier molecular flexibility index (Phi) is 6.11. The Morgan fingerprint density at radius 1 is 1.04 bits per heavy atom. The highest BCUT2D eigenvalue weighted by molar-refractivity contribution is 7.89. The van der Waals surface area contributed by atoms with Crippen molar-refractivity contribution in [3.05, 3.63) is 60.2 Å². The largest absolute Gasteiger partial charge is 0.313 e. The second-order valence-electron chi connectivity index (χ2n) is 5.33. The summed E-state index contributed by atoms with van der Waals surface area (Å²) in [5, 5.41) is 0. The standard InChI is InChI=1S/C18H22N2O3S/c1-3-20(16-7-5-4-6-8-16)18(21)14-11-15-9-12-17(13-10-15)24(22,23)19-2/h4-10,12-13,19H,3,11,14H2,1-2H3. The number of sulfonamides is 1. The fraction of sp³-hybridized carbons (Fsp3) is 0.278. The Bertz CT molecular complexity index is 772. The second-order valence-corrected chi connectivity index (χ2v) is 7.21. The quantitative estimate of drug-likeness (QED) is 0.838. The number of anilines is 1. The van der Waals surface area contributed by atoms with Crippen LogP contribution in [0.5, 0.6) is 0 Å². The maximum absolute atomic E-state index is 12.4. The number of hydrogen-bond acceptors (Lipinski definition) is 3. The van der Waals surface area contributed by atoms with Gasteiger partial charge in [0.1, 0.15) is 0 Å². The van der Waals surface area contributed by atoms with Crippen LogP contribution in [0, 0.1) is 0 Å². The Labute approximate surface area is 143 Å². The van der Waals surface area contributed by atoms with E-state index in [1.807, 2.05) is 37.3 Å². The van der Waals surface area contributed by atoms with E-state index in [0.717, 1.165) is 11.3 Å². The summed E-state index contributed by atoms with van der Waals surface area (Å²) in [5.41, 5.74) is 1.82. The molecule has 0 atom stereocenters. The van der Waals surface area contributed by atoms with Crippen molar-refractivity contribution in [3.8, 4) is 0 Å². The fourth-order valence-corrected chi connectivity index (χ4v) is 3.18. The van der Waals surface area contributed by atoms with Crippen LogP contribution in [0.2, 0.25) is 0 Å². The van der Waals surface area contributed by atoms with Crippen molar-refractivity contribution in [1.29, 1.82) is 0 Å². The van der Waals surface area contributed by atoms with Gasteiger partial charge in [0.05, 0.1) is 4.90 Å². The number of carbonyl (C=O) groups is 1. The number of carbonyl (C=O) groups excluding carboxylic acids is 1. The SMILES string of the molecule is CCN(C(=O)CCc1ccc(S(=O)(=O)NC)cc1)c1ccccc1. The summed E-state index contributed by atoms with van der Waals surface area (Å²) in [6, 6.07) is 16.2. The van der Waals surface area contributed by atoms with Gasteiger partial charge in [-0.25, -0.2) is 13.1 Å². The summed E-state index contributed by atoms with van der Waals surface area (Å²) in [6.45, 7) is 2.56. The van der Waals surface area contributed by atoms with E-state index in [1.54, 1.807) is 29.2 Å². The molecule has 0 aliphatic carbocycles. The molecule has 24 heavy (non-hydrogen) atoms. The zero-order valence-corrected chi connectivity index (χ0v) is 14.7. The summed E-state index contributed by atoms with van der Waals surface area (Å²) in [4.78, 5) is 14.4. The second kappa shape index (κ2) is 8.08. The molecule has 2 rings (SSSR count). The summed E-state index contributed by atoms with van der Waals surface area (Å²) >= 11 is 0. The molecular formula is C18H22N2O3S. The number of nitrogens with one attached hydrogen (secondary N) is 1. The van der Waals surface area contributed by atoms with Crippen molar-refractivity contribution in [3.63, 3.8) is 0 Å². The number of hydrogen-bond donors (Lipinski definition) is 1. The predicted molar refractivity (Wildman–Crippen MR) is 95.5 cm³/mol. The van der Waals surface area contributed by atoms with Gasteiger partial charge in [0.15, 0.2) is 0 Å². The van der Waals surface area contributed by atoms with Crippen molar-refractivity contribution >= 4 is 21.6 Å². The molecule has 128 valence electrons. The molecule has 2 aromatic carbocycles. The minimum Gasteiger partial charge on any atom is -0.313 e. The highest BCUT2D eigenvalue weighted by Crippen LogP contribution is 2.16. The first-order valence-electron chi connectivity index (χ1n) is 7.86. The van der Waals surface area contributed by atoms with Gasteiger partial charge in [0.25, 0.3) is 0 Å². The molecule has 0 saturated carbocycles. The van der Waals surface area contributed by atoms with E-state index in [0.29, 0.717) is 19.4 Å². The lowest BCUT2D eigenvalue weighted by Crippen LogP contribution is -2.30. The average Bonchev–Trinajstić information content (AvgIpc) is 2.62. The zero-order chi connectivity index (χ0) is 17.6. The molecule has 0 heterocycles. The molecule has 0 aromatic heterocycles. The lowest BCUT2D eigenvalue weighted by Gasteiger charge is -2.21.